The van der Waals surface area contributed by atoms with Gasteiger partial charge >= 0.3 is 0 Å². The molecule has 0 aromatic heterocycles. The molecule has 24 heavy (non-hydrogen) atoms. The Kier molecular flexibility index (Phi) is 5.45. The molecule has 1 aromatic rings. The van der Waals surface area contributed by atoms with Crippen molar-refractivity contribution in [3.8, 4) is 11.8 Å². The maximum atomic E-state index is 11.8. The van der Waals surface area contributed by atoms with E-state index in [-0.39, 0.29) is 6.42 Å². The predicted molar refractivity (Wildman–Crippen MR) is 93.6 cm³/mol. The second-order valence-corrected chi connectivity index (χ2v) is 8.59. The molecule has 0 N–H and O–H groups in total. The highest BCUT2D eigenvalue weighted by atomic mass is 32.2. The summed E-state index contributed by atoms with van der Waals surface area (Å²) in [7, 11) is -3.51. The Bertz CT molecular complexity index is 800. The fourth-order valence-electron chi connectivity index (χ4n) is 2.38. The first-order valence-corrected chi connectivity index (χ1v) is 9.66. The maximum absolute atomic E-state index is 11.8. The normalized spacial score (nSPS) is 19.5. The summed E-state index contributed by atoms with van der Waals surface area (Å²) in [5, 5.41) is 4.05. The van der Waals surface area contributed by atoms with Gasteiger partial charge in [-0.3, -0.25) is 0 Å². The summed E-state index contributed by atoms with van der Waals surface area (Å²) in [5.41, 5.74) is 2.59. The van der Waals surface area contributed by atoms with Crippen molar-refractivity contribution in [3.63, 3.8) is 0 Å². The lowest BCUT2D eigenvalue weighted by molar-refractivity contribution is -0.110. The molecular formula is C18H21NO4S. The summed E-state index contributed by atoms with van der Waals surface area (Å²) < 4.78 is 22.2. The molecule has 0 amide bonds. The molecule has 2 rings (SSSR count). The second-order valence-electron chi connectivity index (χ2n) is 6.11. The van der Waals surface area contributed by atoms with Crippen LogP contribution in [0.25, 0.3) is 0 Å². The lowest BCUT2D eigenvalue weighted by Gasteiger charge is -2.23. The number of sulfone groups is 1. The van der Waals surface area contributed by atoms with Gasteiger partial charge in [0.25, 0.3) is 0 Å². The minimum atomic E-state index is -3.51. The first-order valence-electron chi connectivity index (χ1n) is 7.77. The van der Waals surface area contributed by atoms with Gasteiger partial charge in [0.1, 0.15) is 17.1 Å². The topological polar surface area (TPSA) is 72.8 Å². The van der Waals surface area contributed by atoms with Crippen LogP contribution in [0.2, 0.25) is 0 Å². The van der Waals surface area contributed by atoms with Crippen molar-refractivity contribution in [2.45, 2.75) is 44.0 Å². The number of carbonyl (C=O) groups excluding carboxylic acids is 1. The number of hydrogen-bond donors (Lipinski definition) is 0. The minimum absolute atomic E-state index is 0.0857. The van der Waals surface area contributed by atoms with E-state index in [1.54, 1.807) is 0 Å². The molecule has 0 bridgehead atoms. The van der Waals surface area contributed by atoms with Gasteiger partial charge in [-0.2, -0.15) is 0 Å². The van der Waals surface area contributed by atoms with Gasteiger partial charge in [-0.25, -0.2) is 8.42 Å². The van der Waals surface area contributed by atoms with E-state index < -0.39 is 20.7 Å². The van der Waals surface area contributed by atoms with E-state index in [1.807, 2.05) is 31.2 Å². The highest BCUT2D eigenvalue weighted by molar-refractivity contribution is 7.92. The number of carbonyl (C=O) groups is 1. The van der Waals surface area contributed by atoms with Crippen molar-refractivity contribution in [1.82, 2.24) is 0 Å². The standard InChI is InChI=1S/C18H21NO4S/c1-4-5-6-14-7-9-15(10-8-14)17-11-16(23-19-17)12-18(2,13-20)24(3,21)22/h7-10,13,16H,4,11-12H2,1-3H3. The largest absolute Gasteiger partial charge is 0.392 e. The fraction of sp³-hybridized carbons (Fsp3) is 0.444. The highest BCUT2D eigenvalue weighted by Crippen LogP contribution is 2.27. The van der Waals surface area contributed by atoms with Gasteiger partial charge in [0.2, 0.25) is 0 Å². The summed E-state index contributed by atoms with van der Waals surface area (Å²) in [6.07, 6.45) is 2.48. The summed E-state index contributed by atoms with van der Waals surface area (Å²) in [4.78, 5) is 16.6. The van der Waals surface area contributed by atoms with Crippen LogP contribution in [0.1, 0.15) is 44.2 Å². The van der Waals surface area contributed by atoms with Crippen molar-refractivity contribution in [1.29, 1.82) is 0 Å². The molecule has 0 fully saturated rings. The number of oxime groups is 1. The van der Waals surface area contributed by atoms with Gasteiger partial charge in [0.05, 0.1) is 5.71 Å². The molecule has 0 radical (unpaired) electrons. The Balaban J connectivity index is 2.06. The minimum Gasteiger partial charge on any atom is -0.392 e. The summed E-state index contributed by atoms with van der Waals surface area (Å²) in [6.45, 7) is 3.41. The number of hydrogen-bond acceptors (Lipinski definition) is 5. The van der Waals surface area contributed by atoms with Crippen LogP contribution in [0.3, 0.4) is 0 Å². The molecule has 128 valence electrons. The van der Waals surface area contributed by atoms with Crippen LogP contribution in [0.15, 0.2) is 29.4 Å². The van der Waals surface area contributed by atoms with Gasteiger partial charge in [0.15, 0.2) is 9.84 Å². The molecule has 2 unspecified atom stereocenters. The third kappa shape index (κ3) is 4.04. The number of aldehydes is 1. The van der Waals surface area contributed by atoms with Crippen LogP contribution in [-0.4, -0.2) is 37.5 Å². The molecule has 5 nitrogen and oxygen atoms in total. The van der Waals surface area contributed by atoms with Gasteiger partial charge in [-0.1, -0.05) is 36.1 Å². The number of benzene rings is 1. The molecule has 0 saturated heterocycles. The molecule has 1 aromatic carbocycles. The van der Waals surface area contributed by atoms with E-state index in [0.717, 1.165) is 29.5 Å². The Morgan fingerprint density at radius 2 is 2.04 bits per heavy atom. The average molecular weight is 347 g/mol. The lowest BCUT2D eigenvalue weighted by Crippen LogP contribution is -2.40. The Morgan fingerprint density at radius 1 is 1.38 bits per heavy atom. The highest BCUT2D eigenvalue weighted by Gasteiger charge is 2.40. The summed E-state index contributed by atoms with van der Waals surface area (Å²) in [6, 6.07) is 7.67. The van der Waals surface area contributed by atoms with Crippen molar-refractivity contribution < 1.29 is 18.0 Å². The molecule has 1 heterocycles. The first kappa shape index (κ1) is 18.2. The third-order valence-electron chi connectivity index (χ3n) is 4.09. The zero-order chi connectivity index (χ0) is 17.8. The van der Waals surface area contributed by atoms with E-state index in [2.05, 4.69) is 17.0 Å². The van der Waals surface area contributed by atoms with Crippen LogP contribution in [-0.2, 0) is 19.5 Å². The Morgan fingerprint density at radius 3 is 2.58 bits per heavy atom. The van der Waals surface area contributed by atoms with E-state index in [9.17, 15) is 13.2 Å². The third-order valence-corrected chi connectivity index (χ3v) is 6.05. The molecule has 1 aliphatic heterocycles. The van der Waals surface area contributed by atoms with E-state index in [4.69, 9.17) is 4.84 Å². The monoisotopic (exact) mass is 347 g/mol. The van der Waals surface area contributed by atoms with E-state index in [0.29, 0.717) is 12.7 Å². The second kappa shape index (κ2) is 7.18. The number of rotatable bonds is 5. The fourth-order valence-corrected chi connectivity index (χ4v) is 3.05. The van der Waals surface area contributed by atoms with Crippen LogP contribution < -0.4 is 0 Å². The molecule has 0 spiro atoms. The van der Waals surface area contributed by atoms with Crippen molar-refractivity contribution in [2.24, 2.45) is 5.16 Å². The van der Waals surface area contributed by atoms with Crippen LogP contribution in [0, 0.1) is 11.8 Å². The van der Waals surface area contributed by atoms with E-state index >= 15 is 0 Å². The molecule has 0 saturated carbocycles. The Labute approximate surface area is 143 Å². The molecule has 2 atom stereocenters. The smallest absolute Gasteiger partial charge is 0.159 e. The van der Waals surface area contributed by atoms with Crippen molar-refractivity contribution in [2.75, 3.05) is 6.26 Å². The lowest BCUT2D eigenvalue weighted by atomic mass is 9.97. The van der Waals surface area contributed by atoms with Crippen LogP contribution >= 0.6 is 0 Å². The number of nitrogens with zero attached hydrogens (tertiary/aromatic N) is 1. The zero-order valence-electron chi connectivity index (χ0n) is 14.1. The van der Waals surface area contributed by atoms with Crippen LogP contribution in [0.5, 0.6) is 0 Å². The summed E-state index contributed by atoms with van der Waals surface area (Å²) in [5.74, 6) is 6.06. The summed E-state index contributed by atoms with van der Waals surface area (Å²) >= 11 is 0. The van der Waals surface area contributed by atoms with E-state index in [1.165, 1.54) is 6.92 Å². The molecule has 0 aliphatic carbocycles. The quantitative estimate of drug-likeness (QED) is 0.605. The van der Waals surface area contributed by atoms with Gasteiger partial charge < -0.3 is 9.63 Å². The average Bonchev–Trinajstić information content (AvgIpc) is 3.00. The first-order chi connectivity index (χ1) is 11.3. The van der Waals surface area contributed by atoms with Gasteiger partial charge in [-0.05, 0) is 24.6 Å². The van der Waals surface area contributed by atoms with Crippen LogP contribution in [0.4, 0.5) is 0 Å². The SMILES string of the molecule is CCC#Cc1ccc(C2=NOC(CC(C)(C=O)S(C)(=O)=O)C2)cc1. The van der Waals surface area contributed by atoms with Gasteiger partial charge in [0, 0.05) is 31.1 Å². The van der Waals surface area contributed by atoms with Crippen molar-refractivity contribution >= 4 is 21.8 Å². The molecular weight excluding hydrogens is 326 g/mol. The zero-order valence-corrected chi connectivity index (χ0v) is 14.9. The van der Waals surface area contributed by atoms with Crippen molar-refractivity contribution in [3.05, 3.63) is 35.4 Å². The Hall–Kier alpha value is -2.13. The maximum Gasteiger partial charge on any atom is 0.159 e. The predicted octanol–water partition coefficient (Wildman–Crippen LogP) is 2.33. The molecule has 1 aliphatic rings. The molecule has 6 heteroatoms. The van der Waals surface area contributed by atoms with Gasteiger partial charge in [-0.15, -0.1) is 0 Å².